The lowest BCUT2D eigenvalue weighted by Crippen LogP contribution is -2.57. The van der Waals surface area contributed by atoms with Crippen molar-refractivity contribution in [2.75, 3.05) is 13.2 Å². The highest BCUT2D eigenvalue weighted by atomic mass is 16.6. The maximum absolute atomic E-state index is 12.1. The number of likely N-dealkylation sites (tertiary alicyclic amines) is 2. The summed E-state index contributed by atoms with van der Waals surface area (Å²) in [4.78, 5) is 71.3. The molecule has 0 N–H and O–H groups in total. The molecule has 2 aliphatic rings. The summed E-state index contributed by atoms with van der Waals surface area (Å²) < 4.78 is 11.0. The summed E-state index contributed by atoms with van der Waals surface area (Å²) >= 11 is 0. The van der Waals surface area contributed by atoms with E-state index in [0.717, 1.165) is 9.80 Å². The number of carbonyl (C=O) groups excluding carboxylic acids is 6. The third-order valence-corrected chi connectivity index (χ3v) is 3.98. The second-order valence-electron chi connectivity index (χ2n) is 5.75. The largest absolute Gasteiger partial charge is 0.353 e. The summed E-state index contributed by atoms with van der Waals surface area (Å²) in [5.74, 6) is -2.08. The predicted octanol–water partition coefficient (Wildman–Crippen LogP) is -0.852. The van der Waals surface area contributed by atoms with Crippen LogP contribution in [0.4, 0.5) is 0 Å². The minimum atomic E-state index is -1.37. The van der Waals surface area contributed by atoms with Gasteiger partial charge in [0.15, 0.2) is 12.5 Å². The van der Waals surface area contributed by atoms with Gasteiger partial charge in [-0.25, -0.2) is 0 Å². The molecule has 0 saturated carbocycles. The smallest absolute Gasteiger partial charge is 0.231 e. The van der Waals surface area contributed by atoms with Gasteiger partial charge in [0.2, 0.25) is 23.6 Å². The Morgan fingerprint density at radius 2 is 1.00 bits per heavy atom. The number of carbonyl (C=O) groups is 6. The average molecular weight is 368 g/mol. The van der Waals surface area contributed by atoms with E-state index < -0.39 is 36.1 Å². The number of aldehydes is 2. The van der Waals surface area contributed by atoms with Crippen molar-refractivity contribution in [2.24, 2.45) is 0 Å². The number of imide groups is 2. The lowest BCUT2D eigenvalue weighted by atomic mass is 10.3. The molecule has 2 unspecified atom stereocenters. The molecule has 2 heterocycles. The Hall–Kier alpha value is -2.46. The second kappa shape index (κ2) is 9.30. The molecule has 0 aromatic rings. The van der Waals surface area contributed by atoms with E-state index in [4.69, 9.17) is 9.47 Å². The molecular weight excluding hydrogens is 348 g/mol. The summed E-state index contributed by atoms with van der Waals surface area (Å²) in [6, 6.07) is 0. The number of rotatable bonds is 11. The van der Waals surface area contributed by atoms with Crippen LogP contribution < -0.4 is 0 Å². The number of ether oxygens (including phenoxy) is 2. The first-order chi connectivity index (χ1) is 12.5. The Balaban J connectivity index is 2.31. The van der Waals surface area contributed by atoms with Gasteiger partial charge in [0.1, 0.15) is 12.6 Å². The maximum atomic E-state index is 12.1. The lowest BCUT2D eigenvalue weighted by molar-refractivity contribution is -0.202. The lowest BCUT2D eigenvalue weighted by Gasteiger charge is -2.36. The molecule has 2 rings (SSSR count). The molecular formula is C16H20N2O8. The average Bonchev–Trinajstić information content (AvgIpc) is 3.12. The molecule has 10 heteroatoms. The van der Waals surface area contributed by atoms with Gasteiger partial charge in [-0.15, -0.1) is 0 Å². The van der Waals surface area contributed by atoms with Crippen LogP contribution in [0.1, 0.15) is 38.5 Å². The first-order valence-electron chi connectivity index (χ1n) is 8.31. The van der Waals surface area contributed by atoms with Crippen LogP contribution in [0.2, 0.25) is 0 Å². The molecule has 0 aromatic carbocycles. The van der Waals surface area contributed by atoms with Crippen LogP contribution in [0.3, 0.4) is 0 Å². The van der Waals surface area contributed by atoms with Gasteiger partial charge < -0.3 is 19.1 Å². The maximum Gasteiger partial charge on any atom is 0.231 e. The van der Waals surface area contributed by atoms with Gasteiger partial charge >= 0.3 is 0 Å². The Kier molecular flexibility index (Phi) is 7.10. The van der Waals surface area contributed by atoms with Crippen LogP contribution in [0.25, 0.3) is 0 Å². The Morgan fingerprint density at radius 3 is 1.27 bits per heavy atom. The van der Waals surface area contributed by atoms with Crippen LogP contribution in [0.15, 0.2) is 0 Å². The number of hydrogen-bond donors (Lipinski definition) is 0. The van der Waals surface area contributed by atoms with Crippen LogP contribution >= 0.6 is 0 Å². The Labute approximate surface area is 149 Å². The van der Waals surface area contributed by atoms with Gasteiger partial charge in [0.05, 0.1) is 13.2 Å². The zero-order valence-corrected chi connectivity index (χ0v) is 14.1. The second-order valence-corrected chi connectivity index (χ2v) is 5.75. The van der Waals surface area contributed by atoms with Crippen molar-refractivity contribution in [2.45, 2.75) is 51.0 Å². The number of amides is 4. The summed E-state index contributed by atoms with van der Waals surface area (Å²) in [7, 11) is 0. The minimum absolute atomic E-state index is 0.00429. The summed E-state index contributed by atoms with van der Waals surface area (Å²) in [5, 5.41) is 0. The van der Waals surface area contributed by atoms with Crippen molar-refractivity contribution in [3.8, 4) is 0 Å². The topological polar surface area (TPSA) is 127 Å². The highest BCUT2D eigenvalue weighted by molar-refractivity contribution is 6.03. The van der Waals surface area contributed by atoms with Gasteiger partial charge in [0.25, 0.3) is 0 Å². The fourth-order valence-electron chi connectivity index (χ4n) is 2.80. The molecule has 142 valence electrons. The normalized spacial score (nSPS) is 20.0. The molecule has 10 nitrogen and oxygen atoms in total. The van der Waals surface area contributed by atoms with Gasteiger partial charge in [-0.05, 0) is 0 Å². The van der Waals surface area contributed by atoms with E-state index in [9.17, 15) is 28.8 Å². The molecule has 2 fully saturated rings. The van der Waals surface area contributed by atoms with Crippen molar-refractivity contribution in [3.05, 3.63) is 0 Å². The minimum Gasteiger partial charge on any atom is -0.353 e. The molecule has 0 bridgehead atoms. The van der Waals surface area contributed by atoms with Crippen molar-refractivity contribution in [1.82, 2.24) is 9.80 Å². The summed E-state index contributed by atoms with van der Waals surface area (Å²) in [5.41, 5.74) is 0. The van der Waals surface area contributed by atoms with Crippen LogP contribution in [-0.2, 0) is 38.2 Å². The van der Waals surface area contributed by atoms with E-state index in [-0.39, 0.29) is 51.7 Å². The molecule has 2 aliphatic heterocycles. The van der Waals surface area contributed by atoms with Gasteiger partial charge in [-0.3, -0.25) is 29.0 Å². The Bertz CT molecular complexity index is 521. The first-order valence-corrected chi connectivity index (χ1v) is 8.31. The van der Waals surface area contributed by atoms with Crippen molar-refractivity contribution in [1.29, 1.82) is 0 Å². The first kappa shape index (κ1) is 19.9. The van der Waals surface area contributed by atoms with Gasteiger partial charge in [0, 0.05) is 38.5 Å². The third kappa shape index (κ3) is 4.38. The highest BCUT2D eigenvalue weighted by Crippen LogP contribution is 2.26. The molecule has 4 amide bonds. The number of hydrogen-bond acceptors (Lipinski definition) is 8. The van der Waals surface area contributed by atoms with Crippen molar-refractivity contribution < 1.29 is 38.2 Å². The summed E-state index contributed by atoms with van der Waals surface area (Å²) in [6.07, 6.45) is -1.62. The van der Waals surface area contributed by atoms with E-state index >= 15 is 0 Å². The van der Waals surface area contributed by atoms with E-state index in [1.165, 1.54) is 0 Å². The third-order valence-electron chi connectivity index (χ3n) is 3.98. The summed E-state index contributed by atoms with van der Waals surface area (Å²) in [6.45, 7) is -0.260. The van der Waals surface area contributed by atoms with E-state index in [1.54, 1.807) is 0 Å². The van der Waals surface area contributed by atoms with E-state index in [0.29, 0.717) is 12.6 Å². The van der Waals surface area contributed by atoms with Gasteiger partial charge in [-0.1, -0.05) is 0 Å². The standard InChI is InChI=1S/C16H20N2O8/c19-7-1-9-25-15(17-11(21)3-4-12(17)22)16(26-10-2-8-20)18-13(23)5-6-14(18)24/h7-8,15-16H,1-6,9-10H2. The zero-order chi connectivity index (χ0) is 19.1. The monoisotopic (exact) mass is 368 g/mol. The van der Waals surface area contributed by atoms with E-state index in [1.807, 2.05) is 0 Å². The fraction of sp³-hybridized carbons (Fsp3) is 0.625. The van der Waals surface area contributed by atoms with Crippen LogP contribution in [0, 0.1) is 0 Å². The molecule has 0 aliphatic carbocycles. The predicted molar refractivity (Wildman–Crippen MR) is 83.0 cm³/mol. The van der Waals surface area contributed by atoms with Crippen LogP contribution in [0.5, 0.6) is 0 Å². The molecule has 0 spiro atoms. The van der Waals surface area contributed by atoms with Crippen molar-refractivity contribution in [3.63, 3.8) is 0 Å². The number of nitrogens with zero attached hydrogens (tertiary/aromatic N) is 2. The Morgan fingerprint density at radius 1 is 0.692 bits per heavy atom. The fourth-order valence-corrected chi connectivity index (χ4v) is 2.80. The molecule has 2 atom stereocenters. The SMILES string of the molecule is O=CCCOC(C(OCCC=O)N1C(=O)CCC1=O)N1C(=O)CCC1=O. The molecule has 0 radical (unpaired) electrons. The van der Waals surface area contributed by atoms with Gasteiger partial charge in [-0.2, -0.15) is 0 Å². The van der Waals surface area contributed by atoms with Crippen LogP contribution in [-0.4, -0.2) is 71.7 Å². The van der Waals surface area contributed by atoms with Crippen molar-refractivity contribution >= 4 is 36.2 Å². The van der Waals surface area contributed by atoms with E-state index in [2.05, 4.69) is 0 Å². The quantitative estimate of drug-likeness (QED) is 0.262. The zero-order valence-electron chi connectivity index (χ0n) is 14.1. The molecule has 26 heavy (non-hydrogen) atoms. The highest BCUT2D eigenvalue weighted by Gasteiger charge is 2.47. The molecule has 2 saturated heterocycles. The molecule has 0 aromatic heterocycles.